The Kier molecular flexibility index (Phi) is 7.10. The molecule has 3 amide bonds. The number of aliphatic hydroxyl groups is 1. The maximum atomic E-state index is 12.6. The number of rotatable bonds is 2. The zero-order valence-electron chi connectivity index (χ0n) is 13.3. The molecule has 0 radical (unpaired) electrons. The fourth-order valence-corrected chi connectivity index (χ4v) is 5.65. The lowest BCUT2D eigenvalue weighted by molar-refractivity contribution is -0.115. The Hall–Kier alpha value is -0.360. The molecular formula is C17H11I4N3O3. The molecule has 2 aromatic carbocycles. The number of halogens is 4. The lowest BCUT2D eigenvalue weighted by Crippen LogP contribution is -2.32. The Balaban J connectivity index is 1.87. The summed E-state index contributed by atoms with van der Waals surface area (Å²) in [5.74, 6) is -1.05. The van der Waals surface area contributed by atoms with Crippen molar-refractivity contribution in [1.29, 1.82) is 0 Å². The maximum absolute atomic E-state index is 12.6. The monoisotopic (exact) mass is 813 g/mol. The zero-order valence-corrected chi connectivity index (χ0v) is 21.9. The highest BCUT2D eigenvalue weighted by atomic mass is 127. The van der Waals surface area contributed by atoms with E-state index in [0.29, 0.717) is 16.9 Å². The molecule has 0 saturated heterocycles. The first-order valence-electron chi connectivity index (χ1n) is 7.49. The van der Waals surface area contributed by atoms with Crippen LogP contribution < -0.4 is 16.0 Å². The molecule has 1 atom stereocenters. The summed E-state index contributed by atoms with van der Waals surface area (Å²) in [6.45, 7) is 0. The second-order valence-electron chi connectivity index (χ2n) is 5.52. The molecule has 6 nitrogen and oxygen atoms in total. The van der Waals surface area contributed by atoms with Crippen LogP contribution in [0.1, 0.15) is 11.6 Å². The van der Waals surface area contributed by atoms with Gasteiger partial charge in [-0.3, -0.25) is 4.79 Å². The average Bonchev–Trinajstić information content (AvgIpc) is 2.75. The van der Waals surface area contributed by atoms with E-state index in [4.69, 9.17) is 0 Å². The summed E-state index contributed by atoms with van der Waals surface area (Å²) in [6, 6.07) is 7.91. The van der Waals surface area contributed by atoms with Crippen molar-refractivity contribution >= 4 is 114 Å². The second-order valence-corrected chi connectivity index (χ2v) is 9.92. The molecule has 0 fully saturated rings. The van der Waals surface area contributed by atoms with Crippen LogP contribution in [0.2, 0.25) is 0 Å². The number of hydrogen-bond acceptors (Lipinski definition) is 3. The summed E-state index contributed by atoms with van der Waals surface area (Å²) in [7, 11) is 0. The van der Waals surface area contributed by atoms with Gasteiger partial charge in [0.1, 0.15) is 0 Å². The summed E-state index contributed by atoms with van der Waals surface area (Å²) < 4.78 is 4.20. The van der Waals surface area contributed by atoms with Gasteiger partial charge < -0.3 is 21.1 Å². The minimum atomic E-state index is -0.653. The summed E-state index contributed by atoms with van der Waals surface area (Å²) in [5.41, 5.74) is 1.93. The molecule has 0 spiro atoms. The van der Waals surface area contributed by atoms with Crippen LogP contribution in [-0.2, 0) is 4.79 Å². The highest BCUT2D eigenvalue weighted by molar-refractivity contribution is 14.1. The van der Waals surface area contributed by atoms with E-state index in [-0.39, 0.29) is 0 Å². The van der Waals surface area contributed by atoms with Crippen molar-refractivity contribution in [2.75, 3.05) is 10.6 Å². The van der Waals surface area contributed by atoms with Crippen LogP contribution in [0.3, 0.4) is 0 Å². The fraction of sp³-hybridized carbons (Fsp3) is 0.0588. The second kappa shape index (κ2) is 8.98. The highest BCUT2D eigenvalue weighted by Crippen LogP contribution is 2.32. The van der Waals surface area contributed by atoms with Crippen molar-refractivity contribution in [2.24, 2.45) is 0 Å². The van der Waals surface area contributed by atoms with Crippen LogP contribution in [0, 0.1) is 14.3 Å². The summed E-state index contributed by atoms with van der Waals surface area (Å²) in [6.07, 6.45) is 1.33. The number of carbonyl (C=O) groups is 2. The average molecular weight is 813 g/mol. The molecule has 3 rings (SSSR count). The SMILES string of the molecule is O=C(Nc1cc(I)c(I)c(I)c1I)NC1C=C(O)C(=O)Nc2ccccc21. The first-order valence-corrected chi connectivity index (χ1v) is 11.8. The predicted octanol–water partition coefficient (Wildman–Crippen LogP) is 5.36. The third-order valence-corrected chi connectivity index (χ3v) is 11.0. The van der Waals surface area contributed by atoms with Gasteiger partial charge in [0.15, 0.2) is 5.76 Å². The lowest BCUT2D eigenvalue weighted by Gasteiger charge is -2.18. The Bertz CT molecular complexity index is 978. The first kappa shape index (κ1) is 21.4. The normalized spacial score (nSPS) is 15.9. The quantitative estimate of drug-likeness (QED) is 0.187. The van der Waals surface area contributed by atoms with E-state index in [1.165, 1.54) is 6.08 Å². The topological polar surface area (TPSA) is 90.5 Å². The van der Waals surface area contributed by atoms with Crippen LogP contribution >= 0.6 is 90.4 Å². The molecule has 2 aromatic rings. The standard InChI is InChI=1S/C17H11I4N3O3/c18-8-5-11(14(20)15(21)13(8)19)24-17(27)23-10-6-12(25)16(26)22-9-4-2-1-3-7(9)10/h1-6,10,25H,(H,22,26)(H2,23,24,27). The third kappa shape index (κ3) is 4.80. The Morgan fingerprint density at radius 1 is 1.07 bits per heavy atom. The smallest absolute Gasteiger partial charge is 0.320 e. The molecular weight excluding hydrogens is 802 g/mol. The molecule has 1 unspecified atom stereocenters. The highest BCUT2D eigenvalue weighted by Gasteiger charge is 2.24. The number of urea groups is 1. The van der Waals surface area contributed by atoms with Gasteiger partial charge in [0.25, 0.3) is 5.91 Å². The maximum Gasteiger partial charge on any atom is 0.320 e. The number of aliphatic hydroxyl groups excluding tert-OH is 1. The van der Waals surface area contributed by atoms with E-state index in [9.17, 15) is 14.7 Å². The molecule has 1 aliphatic heterocycles. The molecule has 140 valence electrons. The van der Waals surface area contributed by atoms with Crippen molar-refractivity contribution in [3.8, 4) is 0 Å². The zero-order chi connectivity index (χ0) is 19.7. The van der Waals surface area contributed by atoms with Crippen molar-refractivity contribution in [3.05, 3.63) is 62.0 Å². The van der Waals surface area contributed by atoms with E-state index >= 15 is 0 Å². The molecule has 0 aromatic heterocycles. The van der Waals surface area contributed by atoms with E-state index in [0.717, 1.165) is 14.3 Å². The number of carbonyl (C=O) groups excluding carboxylic acids is 2. The van der Waals surface area contributed by atoms with Crippen LogP contribution in [0.4, 0.5) is 16.2 Å². The Morgan fingerprint density at radius 2 is 1.78 bits per heavy atom. The largest absolute Gasteiger partial charge is 0.503 e. The molecule has 4 N–H and O–H groups in total. The van der Waals surface area contributed by atoms with Gasteiger partial charge in [-0.15, -0.1) is 0 Å². The third-order valence-electron chi connectivity index (χ3n) is 3.74. The van der Waals surface area contributed by atoms with Crippen LogP contribution in [-0.4, -0.2) is 17.0 Å². The van der Waals surface area contributed by atoms with E-state index < -0.39 is 23.7 Å². The molecule has 0 aliphatic carbocycles. The van der Waals surface area contributed by atoms with Crippen molar-refractivity contribution < 1.29 is 14.7 Å². The van der Waals surface area contributed by atoms with Crippen LogP contribution in [0.5, 0.6) is 0 Å². The van der Waals surface area contributed by atoms with Gasteiger partial charge in [0.05, 0.1) is 15.3 Å². The minimum Gasteiger partial charge on any atom is -0.503 e. The van der Waals surface area contributed by atoms with Crippen LogP contribution in [0.15, 0.2) is 42.2 Å². The van der Waals surface area contributed by atoms with Gasteiger partial charge in [0, 0.05) is 22.0 Å². The van der Waals surface area contributed by atoms with E-state index in [2.05, 4.69) is 106 Å². The number of fused-ring (bicyclic) bond motifs is 1. The van der Waals surface area contributed by atoms with Gasteiger partial charge in [-0.05, 0) is 109 Å². The predicted molar refractivity (Wildman–Crippen MR) is 138 cm³/mol. The number of benzene rings is 2. The molecule has 0 saturated carbocycles. The molecule has 10 heteroatoms. The molecule has 27 heavy (non-hydrogen) atoms. The minimum absolute atomic E-state index is 0.432. The fourth-order valence-electron chi connectivity index (χ4n) is 2.47. The van der Waals surface area contributed by atoms with Gasteiger partial charge in [-0.25, -0.2) is 4.79 Å². The van der Waals surface area contributed by atoms with Crippen molar-refractivity contribution in [1.82, 2.24) is 5.32 Å². The Morgan fingerprint density at radius 3 is 2.52 bits per heavy atom. The van der Waals surface area contributed by atoms with Gasteiger partial charge in [-0.1, -0.05) is 18.2 Å². The number of amides is 3. The van der Waals surface area contributed by atoms with Gasteiger partial charge in [0.2, 0.25) is 0 Å². The van der Waals surface area contributed by atoms with Gasteiger partial charge >= 0.3 is 6.03 Å². The number of para-hydroxylation sites is 1. The van der Waals surface area contributed by atoms with Crippen LogP contribution in [0.25, 0.3) is 0 Å². The Labute approximate surface area is 209 Å². The van der Waals surface area contributed by atoms with E-state index in [1.807, 2.05) is 6.07 Å². The van der Waals surface area contributed by atoms with Crippen molar-refractivity contribution in [3.63, 3.8) is 0 Å². The number of nitrogens with one attached hydrogen (secondary N) is 3. The molecule has 1 aliphatic rings. The number of anilines is 2. The van der Waals surface area contributed by atoms with Gasteiger partial charge in [-0.2, -0.15) is 0 Å². The van der Waals surface area contributed by atoms with E-state index in [1.54, 1.807) is 24.3 Å². The summed E-state index contributed by atoms with van der Waals surface area (Å²) >= 11 is 8.96. The van der Waals surface area contributed by atoms with Crippen molar-refractivity contribution in [2.45, 2.75) is 6.04 Å². The molecule has 1 heterocycles. The summed E-state index contributed by atoms with van der Waals surface area (Å²) in [4.78, 5) is 24.5. The number of hydrogen-bond donors (Lipinski definition) is 4. The molecule has 0 bridgehead atoms. The first-order chi connectivity index (χ1) is 12.8. The summed E-state index contributed by atoms with van der Waals surface area (Å²) in [5, 5.41) is 18.2. The lowest BCUT2D eigenvalue weighted by atomic mass is 10.1.